The number of carbonyl (C=O) groups excluding carboxylic acids is 3. The molecule has 0 fully saturated rings. The van der Waals surface area contributed by atoms with E-state index < -0.39 is 42.6 Å². The molecule has 0 heterocycles. The molecule has 0 spiro atoms. The first-order valence-electron chi connectivity index (χ1n) is 7.14. The molecular weight excluding hydrogens is 345 g/mol. The third kappa shape index (κ3) is 6.69. The lowest BCUT2D eigenvalue weighted by atomic mass is 10.2. The average molecular weight is 362 g/mol. The number of ether oxygens (including phenoxy) is 2. The minimum Gasteiger partial charge on any atom is -0.468 e. The highest BCUT2D eigenvalue weighted by molar-refractivity contribution is 5.95. The van der Waals surface area contributed by atoms with Gasteiger partial charge in [-0.05, 0) is 31.2 Å². The van der Waals surface area contributed by atoms with Crippen LogP contribution in [0, 0.1) is 0 Å². The van der Waals surface area contributed by atoms with Gasteiger partial charge in [0.1, 0.15) is 13.0 Å². The fraction of sp³-hybridized carbons (Fsp3) is 0.400. The summed E-state index contributed by atoms with van der Waals surface area (Å²) in [6.45, 7) is 1.20. The molecule has 10 heteroatoms. The molecule has 0 unspecified atom stereocenters. The molecule has 0 aliphatic heterocycles. The number of methoxy groups -OCH3 is 1. The lowest BCUT2D eigenvalue weighted by Crippen LogP contribution is -2.46. The summed E-state index contributed by atoms with van der Waals surface area (Å²) in [7, 11) is 1.12. The van der Waals surface area contributed by atoms with Crippen LogP contribution in [0.1, 0.15) is 18.9 Å². The number of halogens is 3. The highest BCUT2D eigenvalue weighted by atomic mass is 19.4. The second kappa shape index (κ2) is 8.90. The van der Waals surface area contributed by atoms with E-state index in [4.69, 9.17) is 0 Å². The first-order chi connectivity index (χ1) is 11.7. The van der Waals surface area contributed by atoms with Crippen LogP contribution in [0.2, 0.25) is 0 Å². The van der Waals surface area contributed by atoms with Crippen molar-refractivity contribution in [2.45, 2.75) is 19.5 Å². The van der Waals surface area contributed by atoms with Crippen molar-refractivity contribution in [3.63, 3.8) is 0 Å². The Balaban J connectivity index is 2.91. The van der Waals surface area contributed by atoms with Crippen LogP contribution in [0.4, 0.5) is 18.9 Å². The summed E-state index contributed by atoms with van der Waals surface area (Å²) in [6.07, 6.45) is -5.12. The maximum absolute atomic E-state index is 12.6. The van der Waals surface area contributed by atoms with E-state index in [-0.39, 0.29) is 12.3 Å². The van der Waals surface area contributed by atoms with Crippen LogP contribution in [0.5, 0.6) is 0 Å². The van der Waals surface area contributed by atoms with Crippen molar-refractivity contribution in [2.24, 2.45) is 0 Å². The van der Waals surface area contributed by atoms with Crippen LogP contribution in [0.3, 0.4) is 0 Å². The summed E-state index contributed by atoms with van der Waals surface area (Å²) in [6, 6.07) is 3.76. The Morgan fingerprint density at radius 2 is 1.72 bits per heavy atom. The van der Waals surface area contributed by atoms with Gasteiger partial charge in [-0.25, -0.2) is 0 Å². The van der Waals surface area contributed by atoms with Gasteiger partial charge >= 0.3 is 18.1 Å². The Morgan fingerprint density at radius 3 is 2.20 bits per heavy atom. The van der Waals surface area contributed by atoms with Crippen molar-refractivity contribution in [1.29, 1.82) is 0 Å². The molecule has 1 aromatic rings. The van der Waals surface area contributed by atoms with Crippen molar-refractivity contribution in [2.75, 3.05) is 25.3 Å². The molecule has 0 aliphatic rings. The van der Waals surface area contributed by atoms with E-state index in [0.29, 0.717) is 0 Å². The standard InChI is InChI=1S/C15H17F3N2O5/c1-3-25-13(22)8-12(21)19-20(9-14(23)24-2)11-6-4-10(5-7-11)15(16,17)18/h4-7H,3,8-9H2,1-2H3,(H,19,21). The summed E-state index contributed by atoms with van der Waals surface area (Å²) in [5, 5.41) is 0.980. The fourth-order valence-electron chi connectivity index (χ4n) is 1.75. The Labute approximate surface area is 141 Å². The second-order valence-electron chi connectivity index (χ2n) is 4.72. The predicted octanol–water partition coefficient (Wildman–Crippen LogP) is 1.67. The van der Waals surface area contributed by atoms with Crippen LogP contribution < -0.4 is 10.4 Å². The number of hydrogen-bond acceptors (Lipinski definition) is 6. The molecule has 1 aromatic carbocycles. The van der Waals surface area contributed by atoms with Gasteiger partial charge < -0.3 is 9.47 Å². The number of esters is 2. The minimum atomic E-state index is -4.52. The van der Waals surface area contributed by atoms with Crippen LogP contribution in [0.15, 0.2) is 24.3 Å². The summed E-state index contributed by atoms with van der Waals surface area (Å²) < 4.78 is 46.9. The van der Waals surface area contributed by atoms with Gasteiger partial charge in [-0.15, -0.1) is 0 Å². The lowest BCUT2D eigenvalue weighted by Gasteiger charge is -2.24. The third-order valence-electron chi connectivity index (χ3n) is 2.89. The Morgan fingerprint density at radius 1 is 1.12 bits per heavy atom. The number of alkyl halides is 3. The lowest BCUT2D eigenvalue weighted by molar-refractivity contribution is -0.146. The zero-order chi connectivity index (χ0) is 19.0. The maximum Gasteiger partial charge on any atom is 0.416 e. The first-order valence-corrected chi connectivity index (χ1v) is 7.14. The zero-order valence-corrected chi connectivity index (χ0v) is 13.6. The summed E-state index contributed by atoms with van der Waals surface area (Å²) >= 11 is 0. The molecular formula is C15H17F3N2O5. The van der Waals surface area contributed by atoms with Crippen molar-refractivity contribution in [3.8, 4) is 0 Å². The van der Waals surface area contributed by atoms with Crippen LogP contribution in [0.25, 0.3) is 0 Å². The predicted molar refractivity (Wildman–Crippen MR) is 80.2 cm³/mol. The van der Waals surface area contributed by atoms with Gasteiger partial charge in [0.15, 0.2) is 0 Å². The molecule has 138 valence electrons. The van der Waals surface area contributed by atoms with Crippen molar-refractivity contribution in [3.05, 3.63) is 29.8 Å². The Hall–Kier alpha value is -2.78. The van der Waals surface area contributed by atoms with Gasteiger partial charge in [0, 0.05) is 0 Å². The highest BCUT2D eigenvalue weighted by Gasteiger charge is 2.30. The highest BCUT2D eigenvalue weighted by Crippen LogP contribution is 2.30. The summed E-state index contributed by atoms with van der Waals surface area (Å²) in [5.74, 6) is -2.30. The van der Waals surface area contributed by atoms with Gasteiger partial charge in [-0.1, -0.05) is 0 Å². The number of rotatable bonds is 7. The zero-order valence-electron chi connectivity index (χ0n) is 13.6. The largest absolute Gasteiger partial charge is 0.468 e. The van der Waals surface area contributed by atoms with E-state index in [9.17, 15) is 27.6 Å². The molecule has 1 amide bonds. The van der Waals surface area contributed by atoms with E-state index in [0.717, 1.165) is 36.4 Å². The van der Waals surface area contributed by atoms with Crippen LogP contribution in [-0.2, 0) is 30.0 Å². The number of hydrogen-bond donors (Lipinski definition) is 1. The molecule has 0 aliphatic carbocycles. The van der Waals surface area contributed by atoms with E-state index in [1.165, 1.54) is 0 Å². The van der Waals surface area contributed by atoms with Gasteiger partial charge in [0.2, 0.25) is 5.91 Å². The number of benzene rings is 1. The summed E-state index contributed by atoms with van der Waals surface area (Å²) in [4.78, 5) is 34.6. The van der Waals surface area contributed by atoms with E-state index in [1.54, 1.807) is 6.92 Å². The SMILES string of the molecule is CCOC(=O)CC(=O)NN(CC(=O)OC)c1ccc(C(F)(F)F)cc1. The van der Waals surface area contributed by atoms with Crippen molar-refractivity contribution in [1.82, 2.24) is 5.43 Å². The molecule has 0 atom stereocenters. The Kier molecular flexibility index (Phi) is 7.22. The third-order valence-corrected chi connectivity index (χ3v) is 2.89. The number of nitrogens with zero attached hydrogens (tertiary/aromatic N) is 1. The number of hydrazine groups is 1. The number of amides is 1. The molecule has 0 aromatic heterocycles. The van der Waals surface area contributed by atoms with E-state index in [2.05, 4.69) is 14.9 Å². The van der Waals surface area contributed by atoms with E-state index >= 15 is 0 Å². The molecule has 25 heavy (non-hydrogen) atoms. The van der Waals surface area contributed by atoms with Gasteiger partial charge in [-0.3, -0.25) is 24.8 Å². The minimum absolute atomic E-state index is 0.0941. The van der Waals surface area contributed by atoms with Crippen molar-refractivity contribution < 1.29 is 37.0 Å². The van der Waals surface area contributed by atoms with Crippen LogP contribution in [-0.4, -0.2) is 38.1 Å². The smallest absolute Gasteiger partial charge is 0.416 e. The molecule has 7 nitrogen and oxygen atoms in total. The fourth-order valence-corrected chi connectivity index (χ4v) is 1.75. The molecule has 0 saturated heterocycles. The van der Waals surface area contributed by atoms with Gasteiger partial charge in [0.05, 0.1) is 25.0 Å². The molecule has 0 radical (unpaired) electrons. The van der Waals surface area contributed by atoms with E-state index in [1.807, 2.05) is 0 Å². The molecule has 0 bridgehead atoms. The van der Waals surface area contributed by atoms with Gasteiger partial charge in [0.25, 0.3) is 0 Å². The first kappa shape index (κ1) is 20.3. The topological polar surface area (TPSA) is 84.9 Å². The molecule has 0 saturated carbocycles. The van der Waals surface area contributed by atoms with Crippen molar-refractivity contribution >= 4 is 23.5 Å². The number of carbonyl (C=O) groups is 3. The van der Waals surface area contributed by atoms with Gasteiger partial charge in [-0.2, -0.15) is 13.2 Å². The average Bonchev–Trinajstić information content (AvgIpc) is 2.53. The number of nitrogens with one attached hydrogen (secondary N) is 1. The molecule has 1 rings (SSSR count). The number of anilines is 1. The van der Waals surface area contributed by atoms with Crippen LogP contribution >= 0.6 is 0 Å². The molecule has 1 N–H and O–H groups in total. The Bertz CT molecular complexity index is 617. The summed E-state index contributed by atoms with van der Waals surface area (Å²) in [5.41, 5.74) is 1.48. The monoisotopic (exact) mass is 362 g/mol. The maximum atomic E-state index is 12.6. The normalized spacial score (nSPS) is 10.8. The quantitative estimate of drug-likeness (QED) is 0.451. The second-order valence-corrected chi connectivity index (χ2v) is 4.72.